The van der Waals surface area contributed by atoms with Crippen LogP contribution in [0.2, 0.25) is 6.55 Å². The van der Waals surface area contributed by atoms with Crippen molar-refractivity contribution in [1.29, 1.82) is 0 Å². The lowest BCUT2D eigenvalue weighted by molar-refractivity contribution is 0.266. The fourth-order valence-electron chi connectivity index (χ4n) is 2.06. The lowest BCUT2D eigenvalue weighted by Gasteiger charge is -2.26. The molecule has 2 heteroatoms. The van der Waals surface area contributed by atoms with Crippen LogP contribution in [0.5, 0.6) is 0 Å². The summed E-state index contributed by atoms with van der Waals surface area (Å²) in [6, 6.07) is 0.953. The molecule has 0 aliphatic heterocycles. The fourth-order valence-corrected chi connectivity index (χ4v) is 3.15. The van der Waals surface area contributed by atoms with E-state index in [1.165, 1.54) is 38.6 Å². The molecule has 0 radical (unpaired) electrons. The van der Waals surface area contributed by atoms with E-state index >= 15 is 0 Å². The molecule has 1 fully saturated rings. The molecular weight excluding hydrogens is 150 g/mol. The van der Waals surface area contributed by atoms with E-state index in [1.807, 2.05) is 0 Å². The summed E-state index contributed by atoms with van der Waals surface area (Å²) in [5.74, 6) is 0. The molecule has 0 aromatic carbocycles. The van der Waals surface area contributed by atoms with Crippen LogP contribution in [0.1, 0.15) is 39.0 Å². The van der Waals surface area contributed by atoms with Crippen molar-refractivity contribution in [3.8, 4) is 0 Å². The second kappa shape index (κ2) is 4.94. The molecule has 0 saturated heterocycles. The molecule has 0 aromatic rings. The van der Waals surface area contributed by atoms with Crippen LogP contribution < -0.4 is 0 Å². The number of hydrogen-bond acceptors (Lipinski definition) is 1. The Morgan fingerprint density at radius 3 is 2.36 bits per heavy atom. The molecule has 0 bridgehead atoms. The van der Waals surface area contributed by atoms with Crippen LogP contribution in [0.25, 0.3) is 0 Å². The Kier molecular flexibility index (Phi) is 4.16. The van der Waals surface area contributed by atoms with Gasteiger partial charge in [0.25, 0.3) is 0 Å². The molecule has 0 spiro atoms. The third-order valence-electron chi connectivity index (χ3n) is 2.74. The predicted octanol–water partition coefficient (Wildman–Crippen LogP) is 2.04. The van der Waals surface area contributed by atoms with Crippen molar-refractivity contribution >= 4 is 9.68 Å². The monoisotopic (exact) mass is 170 g/mol. The van der Waals surface area contributed by atoms with Gasteiger partial charge in [-0.05, 0) is 19.8 Å². The Morgan fingerprint density at radius 2 is 1.91 bits per heavy atom. The number of hydrogen-bond donors (Lipinski definition) is 0. The molecule has 0 unspecified atom stereocenters. The van der Waals surface area contributed by atoms with Crippen LogP contribution in [0, 0.1) is 0 Å². The van der Waals surface area contributed by atoms with Gasteiger partial charge in [0.1, 0.15) is 0 Å². The van der Waals surface area contributed by atoms with Gasteiger partial charge in [0.05, 0.1) is 6.55 Å². The van der Waals surface area contributed by atoms with E-state index in [0.29, 0.717) is 9.68 Å². The van der Waals surface area contributed by atoms with Gasteiger partial charge in [0.2, 0.25) is 0 Å². The van der Waals surface area contributed by atoms with Gasteiger partial charge in [-0.1, -0.05) is 19.3 Å². The van der Waals surface area contributed by atoms with Crippen molar-refractivity contribution in [3.05, 3.63) is 0 Å². The molecule has 0 aromatic heterocycles. The van der Waals surface area contributed by atoms with E-state index in [-0.39, 0.29) is 0 Å². The van der Waals surface area contributed by atoms with Crippen molar-refractivity contribution in [2.24, 2.45) is 0 Å². The van der Waals surface area contributed by atoms with Crippen LogP contribution in [-0.4, -0.2) is 26.8 Å². The Bertz CT molecular complexity index is 95.7. The van der Waals surface area contributed by atoms with Crippen molar-refractivity contribution in [2.75, 3.05) is 6.54 Å². The zero-order valence-corrected chi connectivity index (χ0v) is 9.00. The SMILES string of the molecule is CCN([SiH+]C)C1CCCCC1. The van der Waals surface area contributed by atoms with Crippen molar-refractivity contribution in [2.45, 2.75) is 51.6 Å². The highest BCUT2D eigenvalue weighted by atomic mass is 28.2. The summed E-state index contributed by atoms with van der Waals surface area (Å²) in [6.07, 6.45) is 7.36. The van der Waals surface area contributed by atoms with Crippen LogP contribution in [0.3, 0.4) is 0 Å². The summed E-state index contributed by atoms with van der Waals surface area (Å²) in [6.45, 7) is 5.93. The maximum atomic E-state index is 2.69. The van der Waals surface area contributed by atoms with Gasteiger partial charge in [-0.2, -0.15) is 4.57 Å². The zero-order chi connectivity index (χ0) is 8.10. The van der Waals surface area contributed by atoms with Crippen molar-refractivity contribution < 1.29 is 0 Å². The standard InChI is InChI=1S/C9H20NSi/c1-3-10(11-2)9-7-5-4-6-8-9/h9,11H,3-8H2,1-2H3/q+1. The molecule has 11 heavy (non-hydrogen) atoms. The first-order valence-electron chi connectivity index (χ1n) is 4.93. The van der Waals surface area contributed by atoms with E-state index < -0.39 is 0 Å². The molecule has 1 aliphatic carbocycles. The molecule has 1 nitrogen and oxygen atoms in total. The van der Waals surface area contributed by atoms with Crippen LogP contribution >= 0.6 is 0 Å². The largest absolute Gasteiger partial charge is 0.386 e. The molecule has 0 heterocycles. The quantitative estimate of drug-likeness (QED) is 0.586. The first-order valence-corrected chi connectivity index (χ1v) is 6.60. The highest BCUT2D eigenvalue weighted by Gasteiger charge is 2.23. The van der Waals surface area contributed by atoms with Crippen molar-refractivity contribution in [3.63, 3.8) is 0 Å². The summed E-state index contributed by atoms with van der Waals surface area (Å²) >= 11 is 0. The fraction of sp³-hybridized carbons (Fsp3) is 1.00. The Balaban J connectivity index is 2.30. The summed E-state index contributed by atoms with van der Waals surface area (Å²) in [5, 5.41) is 0. The van der Waals surface area contributed by atoms with Crippen LogP contribution in [0.15, 0.2) is 0 Å². The van der Waals surface area contributed by atoms with Crippen molar-refractivity contribution in [1.82, 2.24) is 4.57 Å². The van der Waals surface area contributed by atoms with Gasteiger partial charge >= 0.3 is 9.68 Å². The molecule has 0 atom stereocenters. The van der Waals surface area contributed by atoms with Crippen LogP contribution in [0.4, 0.5) is 0 Å². The third kappa shape index (κ3) is 2.60. The minimum Gasteiger partial charge on any atom is -0.175 e. The number of rotatable bonds is 3. The molecule has 64 valence electrons. The lowest BCUT2D eigenvalue weighted by atomic mass is 9.95. The maximum absolute atomic E-state index is 2.69. The lowest BCUT2D eigenvalue weighted by Crippen LogP contribution is -2.38. The zero-order valence-electron chi connectivity index (χ0n) is 7.84. The molecule has 0 amide bonds. The van der Waals surface area contributed by atoms with Crippen LogP contribution in [-0.2, 0) is 0 Å². The first kappa shape index (κ1) is 9.27. The molecule has 0 N–H and O–H groups in total. The van der Waals surface area contributed by atoms with E-state index in [2.05, 4.69) is 18.0 Å². The van der Waals surface area contributed by atoms with E-state index in [4.69, 9.17) is 0 Å². The van der Waals surface area contributed by atoms with Gasteiger partial charge < -0.3 is 0 Å². The second-order valence-corrected chi connectivity index (χ2v) is 4.56. The molecule has 1 saturated carbocycles. The first-order chi connectivity index (χ1) is 5.38. The number of nitrogens with zero attached hydrogens (tertiary/aromatic N) is 1. The Labute approximate surface area is 73.1 Å². The van der Waals surface area contributed by atoms with E-state index in [1.54, 1.807) is 0 Å². The van der Waals surface area contributed by atoms with E-state index in [0.717, 1.165) is 6.04 Å². The summed E-state index contributed by atoms with van der Waals surface area (Å²) in [4.78, 5) is 0. The average molecular weight is 170 g/mol. The van der Waals surface area contributed by atoms with Gasteiger partial charge in [0, 0.05) is 12.6 Å². The minimum atomic E-state index is 0.565. The topological polar surface area (TPSA) is 3.24 Å². The maximum Gasteiger partial charge on any atom is 0.386 e. The predicted molar refractivity (Wildman–Crippen MR) is 52.3 cm³/mol. The normalized spacial score (nSPS) is 20.6. The molecular formula is C9H20NSi+. The molecule has 1 rings (SSSR count). The van der Waals surface area contributed by atoms with Gasteiger partial charge in [0.15, 0.2) is 0 Å². The average Bonchev–Trinajstić information content (AvgIpc) is 2.09. The van der Waals surface area contributed by atoms with Gasteiger partial charge in [-0.25, -0.2) is 0 Å². The summed E-state index contributed by atoms with van der Waals surface area (Å²) in [7, 11) is 0.565. The van der Waals surface area contributed by atoms with E-state index in [9.17, 15) is 0 Å². The minimum absolute atomic E-state index is 0.565. The molecule has 1 aliphatic rings. The van der Waals surface area contributed by atoms with Gasteiger partial charge in [-0.15, -0.1) is 0 Å². The highest BCUT2D eigenvalue weighted by Crippen LogP contribution is 2.21. The Hall–Kier alpha value is 0.177. The highest BCUT2D eigenvalue weighted by molar-refractivity contribution is 6.29. The smallest absolute Gasteiger partial charge is 0.175 e. The summed E-state index contributed by atoms with van der Waals surface area (Å²) < 4.78 is 2.69. The third-order valence-corrected chi connectivity index (χ3v) is 4.19. The van der Waals surface area contributed by atoms with Gasteiger partial charge in [-0.3, -0.25) is 0 Å². The summed E-state index contributed by atoms with van der Waals surface area (Å²) in [5.41, 5.74) is 0. The Morgan fingerprint density at radius 1 is 1.27 bits per heavy atom. The second-order valence-electron chi connectivity index (χ2n) is 3.38.